The molecule has 1 aromatic carbocycles. The van der Waals surface area contributed by atoms with Gasteiger partial charge in [-0.15, -0.1) is 0 Å². The van der Waals surface area contributed by atoms with Crippen LogP contribution in [0.5, 0.6) is 0 Å². The van der Waals surface area contributed by atoms with Crippen LogP contribution in [0.25, 0.3) is 0 Å². The topological polar surface area (TPSA) is 92.4 Å². The van der Waals surface area contributed by atoms with Crippen molar-refractivity contribution in [1.82, 2.24) is 0 Å². The molecule has 1 unspecified atom stereocenters. The van der Waals surface area contributed by atoms with Crippen LogP contribution in [0.2, 0.25) is 0 Å². The van der Waals surface area contributed by atoms with Crippen molar-refractivity contribution in [2.75, 3.05) is 5.32 Å². The number of benzene rings is 1. The summed E-state index contributed by atoms with van der Waals surface area (Å²) >= 11 is 0. The summed E-state index contributed by atoms with van der Waals surface area (Å²) in [6.07, 6.45) is -0.472. The second-order valence-electron chi connectivity index (χ2n) is 3.61. The van der Waals surface area contributed by atoms with Gasteiger partial charge < -0.3 is 16.2 Å². The monoisotopic (exact) mass is 240 g/mol. The Kier molecular flexibility index (Phi) is 4.17. The van der Waals surface area contributed by atoms with Crippen molar-refractivity contribution < 1.29 is 19.1 Å². The average molecular weight is 240 g/mol. The van der Waals surface area contributed by atoms with Crippen LogP contribution in [0.4, 0.5) is 10.1 Å². The predicted molar refractivity (Wildman–Crippen MR) is 60.0 cm³/mol. The van der Waals surface area contributed by atoms with Gasteiger partial charge in [0.25, 0.3) is 0 Å². The molecule has 17 heavy (non-hydrogen) atoms. The molecule has 1 aromatic rings. The van der Waals surface area contributed by atoms with Crippen molar-refractivity contribution in [2.24, 2.45) is 5.73 Å². The van der Waals surface area contributed by atoms with E-state index in [0.717, 1.165) is 0 Å². The number of carbonyl (C=O) groups excluding carboxylic acids is 1. The average Bonchev–Trinajstić information content (AvgIpc) is 2.23. The van der Waals surface area contributed by atoms with Crippen molar-refractivity contribution in [2.45, 2.75) is 19.4 Å². The first kappa shape index (κ1) is 13.1. The van der Waals surface area contributed by atoms with Gasteiger partial charge in [-0.2, -0.15) is 0 Å². The minimum Gasteiger partial charge on any atom is -0.481 e. The van der Waals surface area contributed by atoms with Gasteiger partial charge in [0.2, 0.25) is 5.91 Å². The molecule has 0 saturated carbocycles. The molecule has 5 nitrogen and oxygen atoms in total. The maximum Gasteiger partial charge on any atom is 0.305 e. The highest BCUT2D eigenvalue weighted by Crippen LogP contribution is 2.17. The van der Waals surface area contributed by atoms with E-state index in [1.807, 2.05) is 0 Å². The number of nitrogens with one attached hydrogen (secondary N) is 1. The molecule has 1 atom stereocenters. The Bertz CT molecular complexity index is 448. The fourth-order valence-electron chi connectivity index (χ4n) is 1.25. The fourth-order valence-corrected chi connectivity index (χ4v) is 1.25. The largest absolute Gasteiger partial charge is 0.481 e. The number of rotatable bonds is 4. The highest BCUT2D eigenvalue weighted by Gasteiger charge is 2.18. The lowest BCUT2D eigenvalue weighted by atomic mass is 10.1. The smallest absolute Gasteiger partial charge is 0.305 e. The van der Waals surface area contributed by atoms with E-state index >= 15 is 0 Å². The van der Waals surface area contributed by atoms with Crippen LogP contribution in [-0.4, -0.2) is 23.0 Å². The third kappa shape index (κ3) is 3.53. The van der Waals surface area contributed by atoms with Crippen LogP contribution in [0.1, 0.15) is 12.0 Å². The highest BCUT2D eigenvalue weighted by molar-refractivity contribution is 5.97. The van der Waals surface area contributed by atoms with Crippen molar-refractivity contribution in [3.05, 3.63) is 29.6 Å². The third-order valence-electron chi connectivity index (χ3n) is 2.26. The number of hydrogen-bond donors (Lipinski definition) is 3. The SMILES string of the molecule is Cc1c(F)cccc1NC(=O)C(N)CC(=O)O. The van der Waals surface area contributed by atoms with Crippen molar-refractivity contribution >= 4 is 17.6 Å². The summed E-state index contributed by atoms with van der Waals surface area (Å²) in [5, 5.41) is 10.9. The van der Waals surface area contributed by atoms with Gasteiger partial charge in [-0.3, -0.25) is 9.59 Å². The molecule has 0 saturated heterocycles. The molecule has 1 amide bonds. The van der Waals surface area contributed by atoms with E-state index in [1.54, 1.807) is 0 Å². The molecule has 92 valence electrons. The molecule has 0 radical (unpaired) electrons. The lowest BCUT2D eigenvalue weighted by Gasteiger charge is -2.12. The minimum absolute atomic E-state index is 0.281. The van der Waals surface area contributed by atoms with Gasteiger partial charge >= 0.3 is 5.97 Å². The number of carbonyl (C=O) groups is 2. The van der Waals surface area contributed by atoms with Crippen molar-refractivity contribution in [3.63, 3.8) is 0 Å². The first-order chi connectivity index (χ1) is 7.91. The quantitative estimate of drug-likeness (QED) is 0.728. The Balaban J connectivity index is 2.74. The summed E-state index contributed by atoms with van der Waals surface area (Å²) in [4.78, 5) is 21.9. The first-order valence-corrected chi connectivity index (χ1v) is 4.95. The van der Waals surface area contributed by atoms with Gasteiger partial charge in [0.15, 0.2) is 0 Å². The zero-order valence-corrected chi connectivity index (χ0v) is 9.24. The normalized spacial score (nSPS) is 11.9. The molecule has 1 rings (SSSR count). The number of carboxylic acid groups (broad SMARTS) is 1. The molecule has 0 heterocycles. The zero-order valence-electron chi connectivity index (χ0n) is 9.24. The zero-order chi connectivity index (χ0) is 13.0. The van der Waals surface area contributed by atoms with E-state index < -0.39 is 30.2 Å². The summed E-state index contributed by atoms with van der Waals surface area (Å²) in [5.74, 6) is -2.26. The Morgan fingerprint density at radius 1 is 1.53 bits per heavy atom. The highest BCUT2D eigenvalue weighted by atomic mass is 19.1. The van der Waals surface area contributed by atoms with Crippen LogP contribution in [-0.2, 0) is 9.59 Å². The Hall–Kier alpha value is -1.95. The number of carboxylic acids is 1. The van der Waals surface area contributed by atoms with Gasteiger partial charge in [0.05, 0.1) is 12.5 Å². The van der Waals surface area contributed by atoms with Gasteiger partial charge in [0, 0.05) is 11.3 Å². The Labute approximate surface area is 97.4 Å². The summed E-state index contributed by atoms with van der Waals surface area (Å²) in [5.41, 5.74) is 5.94. The molecule has 6 heteroatoms. The Morgan fingerprint density at radius 2 is 2.18 bits per heavy atom. The third-order valence-corrected chi connectivity index (χ3v) is 2.26. The summed E-state index contributed by atoms with van der Waals surface area (Å²) < 4.78 is 13.2. The van der Waals surface area contributed by atoms with E-state index in [0.29, 0.717) is 0 Å². The van der Waals surface area contributed by atoms with E-state index in [1.165, 1.54) is 25.1 Å². The molecule has 0 spiro atoms. The van der Waals surface area contributed by atoms with Crippen LogP contribution in [0, 0.1) is 12.7 Å². The molecule has 4 N–H and O–H groups in total. The first-order valence-electron chi connectivity index (χ1n) is 4.95. The number of hydrogen-bond acceptors (Lipinski definition) is 3. The maximum absolute atomic E-state index is 13.2. The number of aliphatic carboxylic acids is 1. The second-order valence-corrected chi connectivity index (χ2v) is 3.61. The number of halogens is 1. The molecule has 0 aliphatic carbocycles. The van der Waals surface area contributed by atoms with Crippen LogP contribution < -0.4 is 11.1 Å². The second kappa shape index (κ2) is 5.40. The predicted octanol–water partition coefficient (Wildman–Crippen LogP) is 0.875. The molecule has 0 aliphatic heterocycles. The summed E-state index contributed by atoms with van der Waals surface area (Å²) in [6.45, 7) is 1.51. The van der Waals surface area contributed by atoms with Crippen LogP contribution >= 0.6 is 0 Å². The number of nitrogens with two attached hydrogens (primary N) is 1. The lowest BCUT2D eigenvalue weighted by Crippen LogP contribution is -2.37. The molecular weight excluding hydrogens is 227 g/mol. The van der Waals surface area contributed by atoms with Gasteiger partial charge in [-0.25, -0.2) is 4.39 Å². The molecule has 0 bridgehead atoms. The molecule has 0 aliphatic rings. The number of anilines is 1. The van der Waals surface area contributed by atoms with Gasteiger partial charge in [-0.1, -0.05) is 6.07 Å². The summed E-state index contributed by atoms with van der Waals surface area (Å²) in [6, 6.07) is 3.07. The van der Waals surface area contributed by atoms with Crippen LogP contribution in [0.15, 0.2) is 18.2 Å². The van der Waals surface area contributed by atoms with E-state index in [2.05, 4.69) is 5.32 Å². The van der Waals surface area contributed by atoms with Gasteiger partial charge in [-0.05, 0) is 19.1 Å². The maximum atomic E-state index is 13.2. The fraction of sp³-hybridized carbons (Fsp3) is 0.273. The minimum atomic E-state index is -1.16. The molecular formula is C11H13FN2O3. The summed E-state index contributed by atoms with van der Waals surface area (Å²) in [7, 11) is 0. The van der Waals surface area contributed by atoms with E-state index in [4.69, 9.17) is 10.8 Å². The van der Waals surface area contributed by atoms with E-state index in [9.17, 15) is 14.0 Å². The van der Waals surface area contributed by atoms with Gasteiger partial charge in [0.1, 0.15) is 5.82 Å². The Morgan fingerprint density at radius 3 is 2.76 bits per heavy atom. The standard InChI is InChI=1S/C11H13FN2O3/c1-6-7(12)3-2-4-9(6)14-11(17)8(13)5-10(15)16/h2-4,8H,5,13H2,1H3,(H,14,17)(H,15,16). The van der Waals surface area contributed by atoms with Crippen molar-refractivity contribution in [1.29, 1.82) is 0 Å². The molecule has 0 aromatic heterocycles. The van der Waals surface area contributed by atoms with E-state index in [-0.39, 0.29) is 11.3 Å². The van der Waals surface area contributed by atoms with Crippen LogP contribution in [0.3, 0.4) is 0 Å². The van der Waals surface area contributed by atoms with Crippen molar-refractivity contribution in [3.8, 4) is 0 Å². The lowest BCUT2D eigenvalue weighted by molar-refractivity contribution is -0.138. The molecule has 0 fully saturated rings. The number of amides is 1.